The summed E-state index contributed by atoms with van der Waals surface area (Å²) in [5.74, 6) is -0.538. The van der Waals surface area contributed by atoms with Crippen LogP contribution in [0.15, 0.2) is 24.3 Å². The van der Waals surface area contributed by atoms with Crippen molar-refractivity contribution in [1.29, 1.82) is 0 Å². The number of ether oxygens (including phenoxy) is 1. The molecule has 1 heterocycles. The number of amides is 1. The fourth-order valence-electron chi connectivity index (χ4n) is 2.76. The number of carboxylic acids is 1. The lowest BCUT2D eigenvalue weighted by Gasteiger charge is -2.24. The van der Waals surface area contributed by atoms with Crippen molar-refractivity contribution >= 4 is 11.9 Å². The minimum absolute atomic E-state index is 0.0864. The summed E-state index contributed by atoms with van der Waals surface area (Å²) in [7, 11) is 0. The van der Waals surface area contributed by atoms with E-state index < -0.39 is 12.0 Å². The van der Waals surface area contributed by atoms with E-state index in [9.17, 15) is 9.59 Å². The van der Waals surface area contributed by atoms with Crippen LogP contribution in [0.25, 0.3) is 0 Å². The summed E-state index contributed by atoms with van der Waals surface area (Å²) < 4.78 is 5.68. The second kappa shape index (κ2) is 6.38. The Balaban J connectivity index is 2.05. The van der Waals surface area contributed by atoms with Gasteiger partial charge in [-0.15, -0.1) is 0 Å². The van der Waals surface area contributed by atoms with E-state index in [-0.39, 0.29) is 17.9 Å². The lowest BCUT2D eigenvalue weighted by atomic mass is 9.86. The molecule has 0 unspecified atom stereocenters. The number of rotatable bonds is 4. The molecule has 5 heteroatoms. The first-order valence-electron chi connectivity index (χ1n) is 7.55. The minimum Gasteiger partial charge on any atom is -0.483 e. The summed E-state index contributed by atoms with van der Waals surface area (Å²) in [5.41, 5.74) is 0.940. The van der Waals surface area contributed by atoms with Gasteiger partial charge < -0.3 is 14.7 Å². The van der Waals surface area contributed by atoms with Crippen LogP contribution in [-0.2, 0) is 15.0 Å². The molecule has 22 heavy (non-hydrogen) atoms. The van der Waals surface area contributed by atoms with Crippen molar-refractivity contribution in [1.82, 2.24) is 4.90 Å². The first kappa shape index (κ1) is 16.3. The minimum atomic E-state index is -0.944. The molecule has 1 saturated heterocycles. The van der Waals surface area contributed by atoms with Crippen LogP contribution in [0.3, 0.4) is 0 Å². The number of nitrogens with zero attached hydrogens (tertiary/aromatic N) is 1. The van der Waals surface area contributed by atoms with Gasteiger partial charge in [0.05, 0.1) is 0 Å². The molecule has 1 aliphatic heterocycles. The largest absolute Gasteiger partial charge is 0.483 e. The second-order valence-electron chi connectivity index (χ2n) is 6.62. The third-order valence-corrected chi connectivity index (χ3v) is 3.90. The van der Waals surface area contributed by atoms with Gasteiger partial charge in [0.25, 0.3) is 5.91 Å². The van der Waals surface area contributed by atoms with Gasteiger partial charge in [-0.3, -0.25) is 4.79 Å². The predicted molar refractivity (Wildman–Crippen MR) is 83.0 cm³/mol. The second-order valence-corrected chi connectivity index (χ2v) is 6.62. The highest BCUT2D eigenvalue weighted by Gasteiger charge is 2.34. The van der Waals surface area contributed by atoms with Crippen LogP contribution in [-0.4, -0.2) is 41.1 Å². The van der Waals surface area contributed by atoms with E-state index in [2.05, 4.69) is 20.8 Å². The molecule has 5 nitrogen and oxygen atoms in total. The average molecular weight is 305 g/mol. The molecule has 1 N–H and O–H groups in total. The van der Waals surface area contributed by atoms with Crippen LogP contribution >= 0.6 is 0 Å². The molecule has 120 valence electrons. The smallest absolute Gasteiger partial charge is 0.326 e. The van der Waals surface area contributed by atoms with Crippen molar-refractivity contribution in [3.8, 4) is 5.75 Å². The molecule has 1 aromatic carbocycles. The fraction of sp³-hybridized carbons (Fsp3) is 0.529. The molecule has 1 fully saturated rings. The molecule has 0 radical (unpaired) electrons. The number of hydrogen-bond acceptors (Lipinski definition) is 3. The molecule has 0 spiro atoms. The number of carbonyl (C=O) groups excluding carboxylic acids is 1. The van der Waals surface area contributed by atoms with E-state index >= 15 is 0 Å². The Labute approximate surface area is 130 Å². The lowest BCUT2D eigenvalue weighted by Crippen LogP contribution is -2.42. The Morgan fingerprint density at radius 3 is 2.64 bits per heavy atom. The molecular formula is C17H23NO4. The number of carboxylic acid groups (broad SMARTS) is 1. The van der Waals surface area contributed by atoms with E-state index in [0.29, 0.717) is 18.7 Å². The Hall–Kier alpha value is -2.04. The number of hydrogen-bond donors (Lipinski definition) is 1. The first-order chi connectivity index (χ1) is 10.3. The molecule has 1 aliphatic rings. The van der Waals surface area contributed by atoms with Crippen molar-refractivity contribution in [2.75, 3.05) is 13.2 Å². The molecule has 1 atom stereocenters. The first-order valence-corrected chi connectivity index (χ1v) is 7.55. The van der Waals surface area contributed by atoms with Crippen LogP contribution in [0.2, 0.25) is 0 Å². The third-order valence-electron chi connectivity index (χ3n) is 3.90. The standard InChI is InChI=1S/C17H23NO4/c1-17(2,3)12-7-4-5-9-14(12)22-11-15(19)18-10-6-8-13(18)16(20)21/h4-5,7,9,13H,6,8,10-11H2,1-3H3,(H,20,21)/t13-/m1/s1. The molecule has 0 aliphatic carbocycles. The fourth-order valence-corrected chi connectivity index (χ4v) is 2.76. The number of para-hydroxylation sites is 1. The van der Waals surface area contributed by atoms with Gasteiger partial charge in [0.15, 0.2) is 6.61 Å². The van der Waals surface area contributed by atoms with E-state index in [4.69, 9.17) is 9.84 Å². The summed E-state index contributed by atoms with van der Waals surface area (Å²) in [4.78, 5) is 24.8. The van der Waals surface area contributed by atoms with Crippen LogP contribution in [0, 0.1) is 0 Å². The van der Waals surface area contributed by atoms with Gasteiger partial charge >= 0.3 is 5.97 Å². The Morgan fingerprint density at radius 1 is 1.32 bits per heavy atom. The summed E-state index contributed by atoms with van der Waals surface area (Å²) in [6.07, 6.45) is 1.24. The Morgan fingerprint density at radius 2 is 2.00 bits per heavy atom. The normalized spacial score (nSPS) is 18.3. The number of likely N-dealkylation sites (tertiary alicyclic amines) is 1. The van der Waals surface area contributed by atoms with E-state index in [1.807, 2.05) is 24.3 Å². The zero-order valence-electron chi connectivity index (χ0n) is 13.3. The van der Waals surface area contributed by atoms with Crippen molar-refractivity contribution in [2.24, 2.45) is 0 Å². The Bertz CT molecular complexity index is 562. The molecule has 0 saturated carbocycles. The molecular weight excluding hydrogens is 282 g/mol. The van der Waals surface area contributed by atoms with Crippen molar-refractivity contribution < 1.29 is 19.4 Å². The van der Waals surface area contributed by atoms with E-state index in [0.717, 1.165) is 12.0 Å². The maximum Gasteiger partial charge on any atom is 0.326 e. The summed E-state index contributed by atoms with van der Waals surface area (Å²) >= 11 is 0. The molecule has 1 aromatic rings. The van der Waals surface area contributed by atoms with Crippen molar-refractivity contribution in [3.63, 3.8) is 0 Å². The number of carbonyl (C=O) groups is 2. The molecule has 0 bridgehead atoms. The zero-order valence-corrected chi connectivity index (χ0v) is 13.3. The van der Waals surface area contributed by atoms with Crippen LogP contribution in [0.4, 0.5) is 0 Å². The van der Waals surface area contributed by atoms with Gasteiger partial charge in [0.1, 0.15) is 11.8 Å². The molecule has 1 amide bonds. The van der Waals surface area contributed by atoms with Gasteiger partial charge in [-0.2, -0.15) is 0 Å². The molecule has 0 aromatic heterocycles. The van der Waals surface area contributed by atoms with E-state index in [1.54, 1.807) is 0 Å². The lowest BCUT2D eigenvalue weighted by molar-refractivity contribution is -0.148. The van der Waals surface area contributed by atoms with Gasteiger partial charge in [-0.05, 0) is 29.9 Å². The van der Waals surface area contributed by atoms with Crippen LogP contribution < -0.4 is 4.74 Å². The van der Waals surface area contributed by atoms with Crippen molar-refractivity contribution in [2.45, 2.75) is 45.1 Å². The quantitative estimate of drug-likeness (QED) is 0.928. The van der Waals surface area contributed by atoms with Crippen LogP contribution in [0.1, 0.15) is 39.2 Å². The van der Waals surface area contributed by atoms with E-state index in [1.165, 1.54) is 4.90 Å². The third kappa shape index (κ3) is 3.59. The van der Waals surface area contributed by atoms with Gasteiger partial charge in [-0.25, -0.2) is 4.79 Å². The Kier molecular flexibility index (Phi) is 4.74. The number of aliphatic carboxylic acids is 1. The monoisotopic (exact) mass is 305 g/mol. The zero-order chi connectivity index (χ0) is 16.3. The van der Waals surface area contributed by atoms with Crippen molar-refractivity contribution in [3.05, 3.63) is 29.8 Å². The molecule has 2 rings (SSSR count). The van der Waals surface area contributed by atoms with Gasteiger partial charge in [0, 0.05) is 6.54 Å². The topological polar surface area (TPSA) is 66.8 Å². The maximum absolute atomic E-state index is 12.2. The maximum atomic E-state index is 12.2. The SMILES string of the molecule is CC(C)(C)c1ccccc1OCC(=O)N1CCC[C@@H]1C(=O)O. The highest BCUT2D eigenvalue weighted by Crippen LogP contribution is 2.31. The van der Waals surface area contributed by atoms with Gasteiger partial charge in [-0.1, -0.05) is 39.0 Å². The summed E-state index contributed by atoms with van der Waals surface area (Å²) in [5, 5.41) is 9.13. The summed E-state index contributed by atoms with van der Waals surface area (Å²) in [6, 6.07) is 6.91. The predicted octanol–water partition coefficient (Wildman–Crippen LogP) is 2.44. The average Bonchev–Trinajstić information content (AvgIpc) is 2.93. The van der Waals surface area contributed by atoms with Gasteiger partial charge in [0.2, 0.25) is 0 Å². The van der Waals surface area contributed by atoms with Crippen LogP contribution in [0.5, 0.6) is 5.75 Å². The highest BCUT2D eigenvalue weighted by atomic mass is 16.5. The number of benzene rings is 1. The summed E-state index contributed by atoms with van der Waals surface area (Å²) in [6.45, 7) is 6.60. The highest BCUT2D eigenvalue weighted by molar-refractivity contribution is 5.85.